The third-order valence-corrected chi connectivity index (χ3v) is 3.78. The summed E-state index contributed by atoms with van der Waals surface area (Å²) in [6.45, 7) is 6.50. The quantitative estimate of drug-likeness (QED) is 0.770. The van der Waals surface area contributed by atoms with Gasteiger partial charge in [-0.3, -0.25) is 4.79 Å². The average molecular weight is 270 g/mol. The van der Waals surface area contributed by atoms with E-state index in [1.807, 2.05) is 11.9 Å². The average Bonchev–Trinajstić information content (AvgIpc) is 2.38. The van der Waals surface area contributed by atoms with Crippen LogP contribution < -0.4 is 5.73 Å². The molecule has 1 aliphatic heterocycles. The van der Waals surface area contributed by atoms with Crippen molar-refractivity contribution in [2.75, 3.05) is 26.7 Å². The summed E-state index contributed by atoms with van der Waals surface area (Å²) in [6.07, 6.45) is 5.25. The molecular formula is C15H30N2O2. The highest BCUT2D eigenvalue weighted by Crippen LogP contribution is 2.17. The van der Waals surface area contributed by atoms with E-state index in [4.69, 9.17) is 10.5 Å². The van der Waals surface area contributed by atoms with Crippen molar-refractivity contribution in [1.82, 2.24) is 4.90 Å². The molecular weight excluding hydrogens is 240 g/mol. The summed E-state index contributed by atoms with van der Waals surface area (Å²) in [7, 11) is 1.88. The minimum atomic E-state index is 0.199. The van der Waals surface area contributed by atoms with Gasteiger partial charge in [-0.2, -0.15) is 0 Å². The highest BCUT2D eigenvalue weighted by atomic mass is 16.5. The standard InChI is InChI=1S/C15H30N2O2/c1-12(2)8-13(10-16)9-15(18)17(3)11-14-6-4-5-7-19-14/h12-14H,4-11,16H2,1-3H3. The molecule has 2 N–H and O–H groups in total. The van der Waals surface area contributed by atoms with Crippen LogP contribution in [0.15, 0.2) is 0 Å². The Hall–Kier alpha value is -0.610. The Bertz CT molecular complexity index is 263. The molecule has 4 nitrogen and oxygen atoms in total. The van der Waals surface area contributed by atoms with Gasteiger partial charge in [0.15, 0.2) is 0 Å². The van der Waals surface area contributed by atoms with Gasteiger partial charge in [0.1, 0.15) is 0 Å². The fourth-order valence-electron chi connectivity index (χ4n) is 2.69. The van der Waals surface area contributed by atoms with E-state index in [1.165, 1.54) is 6.42 Å². The van der Waals surface area contributed by atoms with E-state index in [0.29, 0.717) is 24.8 Å². The molecule has 0 aromatic carbocycles. The highest BCUT2D eigenvalue weighted by Gasteiger charge is 2.21. The maximum Gasteiger partial charge on any atom is 0.222 e. The smallest absolute Gasteiger partial charge is 0.222 e. The maximum absolute atomic E-state index is 12.2. The van der Waals surface area contributed by atoms with Gasteiger partial charge < -0.3 is 15.4 Å². The van der Waals surface area contributed by atoms with E-state index in [0.717, 1.165) is 32.4 Å². The molecule has 0 bridgehead atoms. The molecule has 1 saturated heterocycles. The van der Waals surface area contributed by atoms with Crippen LogP contribution in [0.5, 0.6) is 0 Å². The van der Waals surface area contributed by atoms with Crippen LogP contribution in [0, 0.1) is 11.8 Å². The zero-order chi connectivity index (χ0) is 14.3. The molecule has 112 valence electrons. The van der Waals surface area contributed by atoms with Gasteiger partial charge in [0.25, 0.3) is 0 Å². The Labute approximate surface area is 117 Å². The van der Waals surface area contributed by atoms with E-state index >= 15 is 0 Å². The second kappa shape index (κ2) is 8.54. The third-order valence-electron chi connectivity index (χ3n) is 3.78. The fraction of sp³-hybridized carbons (Fsp3) is 0.933. The molecule has 0 radical (unpaired) electrons. The van der Waals surface area contributed by atoms with Gasteiger partial charge in [-0.05, 0) is 44.1 Å². The fourth-order valence-corrected chi connectivity index (χ4v) is 2.69. The van der Waals surface area contributed by atoms with Crippen LogP contribution in [-0.4, -0.2) is 43.7 Å². The molecule has 0 spiro atoms. The molecule has 2 atom stereocenters. The first-order valence-electron chi connectivity index (χ1n) is 7.58. The number of likely N-dealkylation sites (N-methyl/N-ethyl adjacent to an activating group) is 1. The number of ether oxygens (including phenoxy) is 1. The Morgan fingerprint density at radius 2 is 2.16 bits per heavy atom. The molecule has 1 aliphatic rings. The van der Waals surface area contributed by atoms with Gasteiger partial charge in [-0.15, -0.1) is 0 Å². The van der Waals surface area contributed by atoms with Crippen LogP contribution in [0.3, 0.4) is 0 Å². The molecule has 2 unspecified atom stereocenters. The van der Waals surface area contributed by atoms with Crippen molar-refractivity contribution in [3.05, 3.63) is 0 Å². The van der Waals surface area contributed by atoms with E-state index < -0.39 is 0 Å². The summed E-state index contributed by atoms with van der Waals surface area (Å²) >= 11 is 0. The minimum absolute atomic E-state index is 0.199. The first kappa shape index (κ1) is 16.4. The lowest BCUT2D eigenvalue weighted by molar-refractivity contribution is -0.133. The molecule has 4 heteroatoms. The van der Waals surface area contributed by atoms with Crippen LogP contribution >= 0.6 is 0 Å². The predicted molar refractivity (Wildman–Crippen MR) is 77.8 cm³/mol. The van der Waals surface area contributed by atoms with E-state index in [-0.39, 0.29) is 12.0 Å². The van der Waals surface area contributed by atoms with Gasteiger partial charge in [-0.1, -0.05) is 13.8 Å². The second-order valence-corrected chi connectivity index (χ2v) is 6.20. The van der Waals surface area contributed by atoms with Crippen molar-refractivity contribution >= 4 is 5.91 Å². The molecule has 0 aliphatic carbocycles. The summed E-state index contributed by atoms with van der Waals surface area (Å²) in [4.78, 5) is 14.0. The Morgan fingerprint density at radius 1 is 1.42 bits per heavy atom. The summed E-state index contributed by atoms with van der Waals surface area (Å²) in [5.74, 6) is 1.10. The number of hydrogen-bond donors (Lipinski definition) is 1. The summed E-state index contributed by atoms with van der Waals surface area (Å²) in [5, 5.41) is 0. The third kappa shape index (κ3) is 6.39. The molecule has 0 aromatic heterocycles. The zero-order valence-electron chi connectivity index (χ0n) is 12.7. The van der Waals surface area contributed by atoms with Crippen LogP contribution in [0.1, 0.15) is 46.0 Å². The molecule has 1 fully saturated rings. The largest absolute Gasteiger partial charge is 0.376 e. The van der Waals surface area contributed by atoms with Crippen LogP contribution in [0.25, 0.3) is 0 Å². The lowest BCUT2D eigenvalue weighted by atomic mass is 9.94. The predicted octanol–water partition coefficient (Wildman–Crippen LogP) is 2.02. The van der Waals surface area contributed by atoms with Crippen LogP contribution in [-0.2, 0) is 9.53 Å². The zero-order valence-corrected chi connectivity index (χ0v) is 12.7. The number of carbonyl (C=O) groups is 1. The second-order valence-electron chi connectivity index (χ2n) is 6.20. The molecule has 1 heterocycles. The van der Waals surface area contributed by atoms with Gasteiger partial charge in [0.2, 0.25) is 5.91 Å². The normalized spacial score (nSPS) is 21.4. The lowest BCUT2D eigenvalue weighted by Crippen LogP contribution is -2.38. The van der Waals surface area contributed by atoms with Crippen molar-refractivity contribution in [3.63, 3.8) is 0 Å². The van der Waals surface area contributed by atoms with Crippen molar-refractivity contribution < 1.29 is 9.53 Å². The number of hydrogen-bond acceptors (Lipinski definition) is 3. The Balaban J connectivity index is 2.33. The monoisotopic (exact) mass is 270 g/mol. The van der Waals surface area contributed by atoms with Crippen molar-refractivity contribution in [3.8, 4) is 0 Å². The van der Waals surface area contributed by atoms with Crippen LogP contribution in [0.2, 0.25) is 0 Å². The molecule has 0 saturated carbocycles. The van der Waals surface area contributed by atoms with Crippen LogP contribution in [0.4, 0.5) is 0 Å². The molecule has 1 amide bonds. The van der Waals surface area contributed by atoms with Gasteiger partial charge in [-0.25, -0.2) is 0 Å². The number of rotatable bonds is 7. The van der Waals surface area contributed by atoms with E-state index in [2.05, 4.69) is 13.8 Å². The topological polar surface area (TPSA) is 55.6 Å². The lowest BCUT2D eigenvalue weighted by Gasteiger charge is -2.28. The number of nitrogens with two attached hydrogens (primary N) is 1. The Morgan fingerprint density at radius 3 is 2.68 bits per heavy atom. The van der Waals surface area contributed by atoms with Crippen molar-refractivity contribution in [2.24, 2.45) is 17.6 Å². The van der Waals surface area contributed by atoms with Gasteiger partial charge in [0.05, 0.1) is 6.10 Å². The number of nitrogens with zero attached hydrogens (tertiary/aromatic N) is 1. The minimum Gasteiger partial charge on any atom is -0.376 e. The summed E-state index contributed by atoms with van der Waals surface area (Å²) < 4.78 is 5.68. The SMILES string of the molecule is CC(C)CC(CN)CC(=O)N(C)CC1CCCCO1. The summed E-state index contributed by atoms with van der Waals surface area (Å²) in [6, 6.07) is 0. The van der Waals surface area contributed by atoms with E-state index in [9.17, 15) is 4.79 Å². The molecule has 1 rings (SSSR count). The first-order chi connectivity index (χ1) is 9.02. The maximum atomic E-state index is 12.2. The summed E-state index contributed by atoms with van der Waals surface area (Å²) in [5.41, 5.74) is 5.76. The highest BCUT2D eigenvalue weighted by molar-refractivity contribution is 5.76. The Kier molecular flexibility index (Phi) is 7.39. The van der Waals surface area contributed by atoms with E-state index in [1.54, 1.807) is 0 Å². The molecule has 0 aromatic rings. The van der Waals surface area contributed by atoms with Gasteiger partial charge >= 0.3 is 0 Å². The molecule has 19 heavy (non-hydrogen) atoms. The van der Waals surface area contributed by atoms with Crippen molar-refractivity contribution in [2.45, 2.75) is 52.1 Å². The number of carbonyl (C=O) groups excluding carboxylic acids is 1. The van der Waals surface area contributed by atoms with Gasteiger partial charge in [0, 0.05) is 26.6 Å². The number of amides is 1. The first-order valence-corrected chi connectivity index (χ1v) is 7.58. The van der Waals surface area contributed by atoms with Crippen molar-refractivity contribution in [1.29, 1.82) is 0 Å².